The molecule has 2 fully saturated rings. The monoisotopic (exact) mass is 368 g/mol. The molecule has 2 aromatic rings. The molecule has 27 heavy (non-hydrogen) atoms. The average Bonchev–Trinajstić information content (AvgIpc) is 3.48. The lowest BCUT2D eigenvalue weighted by Gasteiger charge is -2.34. The molecule has 1 aliphatic heterocycles. The fourth-order valence-corrected chi connectivity index (χ4v) is 3.97. The number of ether oxygens (including phenoxy) is 1. The predicted octanol–water partition coefficient (Wildman–Crippen LogP) is 3.62. The molecule has 1 atom stereocenters. The number of methoxy groups -OCH3 is 1. The number of aromatic nitrogens is 2. The Hall–Kier alpha value is -2.50. The van der Waals surface area contributed by atoms with Gasteiger partial charge in [0, 0.05) is 37.4 Å². The van der Waals surface area contributed by atoms with Crippen molar-refractivity contribution < 1.29 is 9.53 Å². The molecule has 1 aromatic carbocycles. The molecule has 2 heterocycles. The van der Waals surface area contributed by atoms with Crippen LogP contribution in [0.25, 0.3) is 0 Å². The molecule has 0 bridgehead atoms. The number of amides is 2. The van der Waals surface area contributed by atoms with Gasteiger partial charge in [-0.3, -0.25) is 0 Å². The Bertz CT molecular complexity index is 795. The fourth-order valence-electron chi connectivity index (χ4n) is 3.97. The van der Waals surface area contributed by atoms with E-state index in [0.717, 1.165) is 37.2 Å². The third-order valence-electron chi connectivity index (χ3n) is 5.60. The van der Waals surface area contributed by atoms with Gasteiger partial charge in [0.2, 0.25) is 0 Å². The summed E-state index contributed by atoms with van der Waals surface area (Å²) in [6.07, 6.45) is 6.61. The van der Waals surface area contributed by atoms with Gasteiger partial charge in [-0.05, 0) is 50.3 Å². The minimum absolute atomic E-state index is 0.0151. The zero-order valence-corrected chi connectivity index (χ0v) is 16.1. The van der Waals surface area contributed by atoms with Gasteiger partial charge in [-0.15, -0.1) is 0 Å². The van der Waals surface area contributed by atoms with E-state index in [9.17, 15) is 4.79 Å². The molecule has 1 N–H and O–H groups in total. The molecule has 2 aliphatic rings. The van der Waals surface area contributed by atoms with Gasteiger partial charge >= 0.3 is 6.03 Å². The SMILES string of the molecule is COc1ccc(CNC(=O)N2CCCC(n3c(C)cnc3C3CC3)C2)cc1. The summed E-state index contributed by atoms with van der Waals surface area (Å²) < 4.78 is 7.56. The zero-order valence-electron chi connectivity index (χ0n) is 16.1. The molecule has 0 radical (unpaired) electrons. The molecular formula is C21H28N4O2. The van der Waals surface area contributed by atoms with Crippen molar-refractivity contribution in [3.05, 3.63) is 47.5 Å². The number of nitrogens with one attached hydrogen (secondary N) is 1. The summed E-state index contributed by atoms with van der Waals surface area (Å²) in [4.78, 5) is 19.3. The minimum Gasteiger partial charge on any atom is -0.497 e. The largest absolute Gasteiger partial charge is 0.497 e. The van der Waals surface area contributed by atoms with Crippen molar-refractivity contribution >= 4 is 6.03 Å². The van der Waals surface area contributed by atoms with Crippen LogP contribution in [-0.4, -0.2) is 40.7 Å². The first-order chi connectivity index (χ1) is 13.2. The summed E-state index contributed by atoms with van der Waals surface area (Å²) in [7, 11) is 1.65. The molecular weight excluding hydrogens is 340 g/mol. The van der Waals surface area contributed by atoms with E-state index >= 15 is 0 Å². The molecule has 1 aromatic heterocycles. The van der Waals surface area contributed by atoms with Crippen LogP contribution >= 0.6 is 0 Å². The first-order valence-corrected chi connectivity index (χ1v) is 9.85. The van der Waals surface area contributed by atoms with Gasteiger partial charge in [0.1, 0.15) is 11.6 Å². The molecule has 2 amide bonds. The first kappa shape index (κ1) is 17.9. The number of aryl methyl sites for hydroxylation is 1. The van der Waals surface area contributed by atoms with Crippen LogP contribution in [0.4, 0.5) is 4.79 Å². The van der Waals surface area contributed by atoms with E-state index < -0.39 is 0 Å². The van der Waals surface area contributed by atoms with Crippen LogP contribution in [0.5, 0.6) is 5.75 Å². The summed E-state index contributed by atoms with van der Waals surface area (Å²) in [5.41, 5.74) is 2.28. The Morgan fingerprint density at radius 3 is 2.74 bits per heavy atom. The topological polar surface area (TPSA) is 59.4 Å². The van der Waals surface area contributed by atoms with Gasteiger partial charge in [0.15, 0.2) is 0 Å². The second-order valence-electron chi connectivity index (χ2n) is 7.65. The van der Waals surface area contributed by atoms with Crippen molar-refractivity contribution in [1.82, 2.24) is 19.8 Å². The van der Waals surface area contributed by atoms with Crippen LogP contribution in [0, 0.1) is 6.92 Å². The van der Waals surface area contributed by atoms with Crippen LogP contribution < -0.4 is 10.1 Å². The van der Waals surface area contributed by atoms with Crippen molar-refractivity contribution in [3.8, 4) is 5.75 Å². The molecule has 6 heteroatoms. The van der Waals surface area contributed by atoms with Gasteiger partial charge in [-0.2, -0.15) is 0 Å². The van der Waals surface area contributed by atoms with Crippen molar-refractivity contribution in [2.45, 2.75) is 51.1 Å². The van der Waals surface area contributed by atoms with E-state index in [1.807, 2.05) is 35.4 Å². The number of hydrogen-bond donors (Lipinski definition) is 1. The summed E-state index contributed by atoms with van der Waals surface area (Å²) in [5, 5.41) is 3.06. The lowest BCUT2D eigenvalue weighted by molar-refractivity contribution is 0.165. The molecule has 1 unspecified atom stereocenters. The summed E-state index contributed by atoms with van der Waals surface area (Å²) >= 11 is 0. The average molecular weight is 368 g/mol. The standard InChI is InChI=1S/C21H28N4O2/c1-15-12-22-20(17-7-8-17)25(15)18-4-3-11-24(14-18)21(26)23-13-16-5-9-19(27-2)10-6-16/h5-6,9-10,12,17-18H,3-4,7-8,11,13-14H2,1-2H3,(H,23,26). The van der Waals surface area contributed by atoms with E-state index in [4.69, 9.17) is 4.74 Å². The van der Waals surface area contributed by atoms with Crippen molar-refractivity contribution in [2.24, 2.45) is 0 Å². The van der Waals surface area contributed by atoms with Crippen LogP contribution in [0.2, 0.25) is 0 Å². The lowest BCUT2D eigenvalue weighted by atomic mass is 10.0. The number of urea groups is 1. The van der Waals surface area contributed by atoms with Crippen LogP contribution in [0.3, 0.4) is 0 Å². The normalized spacial score (nSPS) is 19.8. The van der Waals surface area contributed by atoms with E-state index in [-0.39, 0.29) is 6.03 Å². The number of hydrogen-bond acceptors (Lipinski definition) is 3. The highest BCUT2D eigenvalue weighted by Gasteiger charge is 2.33. The molecule has 1 saturated heterocycles. The molecule has 144 valence electrons. The Labute approximate surface area is 160 Å². The Kier molecular flexibility index (Phi) is 5.05. The van der Waals surface area contributed by atoms with E-state index in [1.54, 1.807) is 7.11 Å². The summed E-state index contributed by atoms with van der Waals surface area (Å²) in [5.74, 6) is 2.67. The third kappa shape index (κ3) is 3.94. The number of rotatable bonds is 5. The van der Waals surface area contributed by atoms with Gasteiger partial charge in [-0.25, -0.2) is 9.78 Å². The second-order valence-corrected chi connectivity index (χ2v) is 7.65. The maximum absolute atomic E-state index is 12.7. The van der Waals surface area contributed by atoms with Crippen molar-refractivity contribution in [2.75, 3.05) is 20.2 Å². The van der Waals surface area contributed by atoms with Crippen LogP contribution in [0.15, 0.2) is 30.5 Å². The number of nitrogens with zero attached hydrogens (tertiary/aromatic N) is 3. The zero-order chi connectivity index (χ0) is 18.8. The molecule has 1 saturated carbocycles. The van der Waals surface area contributed by atoms with Crippen molar-refractivity contribution in [3.63, 3.8) is 0 Å². The highest BCUT2D eigenvalue weighted by Crippen LogP contribution is 2.41. The highest BCUT2D eigenvalue weighted by atomic mass is 16.5. The molecule has 1 aliphatic carbocycles. The number of carbonyl (C=O) groups is 1. The lowest BCUT2D eigenvalue weighted by Crippen LogP contribution is -2.46. The fraction of sp³-hybridized carbons (Fsp3) is 0.524. The van der Waals surface area contributed by atoms with E-state index in [2.05, 4.69) is 21.8 Å². The quantitative estimate of drug-likeness (QED) is 0.877. The highest BCUT2D eigenvalue weighted by molar-refractivity contribution is 5.74. The number of carbonyl (C=O) groups excluding carboxylic acids is 1. The minimum atomic E-state index is 0.0151. The van der Waals surface area contributed by atoms with Gasteiger partial charge in [-0.1, -0.05) is 12.1 Å². The first-order valence-electron chi connectivity index (χ1n) is 9.85. The van der Waals surface area contributed by atoms with Gasteiger partial charge in [0.25, 0.3) is 0 Å². The van der Waals surface area contributed by atoms with Gasteiger partial charge in [0.05, 0.1) is 13.2 Å². The maximum Gasteiger partial charge on any atom is 0.317 e. The Balaban J connectivity index is 1.37. The Morgan fingerprint density at radius 1 is 1.26 bits per heavy atom. The summed E-state index contributed by atoms with van der Waals surface area (Å²) in [6, 6.07) is 8.15. The van der Waals surface area contributed by atoms with E-state index in [0.29, 0.717) is 18.5 Å². The molecule has 0 spiro atoms. The van der Waals surface area contributed by atoms with Crippen LogP contribution in [-0.2, 0) is 6.54 Å². The second kappa shape index (κ2) is 7.62. The van der Waals surface area contributed by atoms with Crippen molar-refractivity contribution in [1.29, 1.82) is 0 Å². The summed E-state index contributed by atoms with van der Waals surface area (Å²) in [6.45, 7) is 4.23. The van der Waals surface area contributed by atoms with E-state index in [1.165, 1.54) is 24.4 Å². The number of piperidine rings is 1. The smallest absolute Gasteiger partial charge is 0.317 e. The number of likely N-dealkylation sites (tertiary alicyclic amines) is 1. The predicted molar refractivity (Wildman–Crippen MR) is 104 cm³/mol. The number of benzene rings is 1. The number of imidazole rings is 1. The Morgan fingerprint density at radius 2 is 2.04 bits per heavy atom. The maximum atomic E-state index is 12.7. The third-order valence-corrected chi connectivity index (χ3v) is 5.60. The van der Waals surface area contributed by atoms with Gasteiger partial charge < -0.3 is 19.5 Å². The molecule has 4 rings (SSSR count). The molecule has 6 nitrogen and oxygen atoms in total. The van der Waals surface area contributed by atoms with Crippen LogP contribution in [0.1, 0.15) is 54.7 Å².